The lowest BCUT2D eigenvalue weighted by molar-refractivity contribution is -0.197. The van der Waals surface area contributed by atoms with Gasteiger partial charge in [0.2, 0.25) is 17.7 Å². The maximum Gasteiger partial charge on any atom is 0.333 e. The number of carbonyl (C=O) groups excluding carboxylic acids is 8. The summed E-state index contributed by atoms with van der Waals surface area (Å²) in [4.78, 5) is 127. The number of unbranched alkanes of at least 4 members (excludes halogenated alkanes) is 2. The highest BCUT2D eigenvalue weighted by Gasteiger charge is 2.42. The van der Waals surface area contributed by atoms with Crippen LogP contribution < -0.4 is 21.5 Å². The number of nitrogens with one attached hydrogen (secondary N) is 3. The Bertz CT molecular complexity index is 3080. The number of benzene rings is 1. The number of hydrogen-bond donors (Lipinski definition) is 9. The average molecular weight is 1190 g/mol. The first-order valence-electron chi connectivity index (χ1n) is 29.1. The summed E-state index contributed by atoms with van der Waals surface area (Å²) < 4.78 is 28.8. The molecule has 3 aromatic rings. The second-order valence-corrected chi connectivity index (χ2v) is 22.6. The molecule has 0 spiro atoms. The third kappa shape index (κ3) is 16.0. The third-order valence-electron chi connectivity index (χ3n) is 16.2. The van der Waals surface area contributed by atoms with Gasteiger partial charge in [-0.25, -0.2) is 14.2 Å². The summed E-state index contributed by atoms with van der Waals surface area (Å²) in [5.74, 6) is -7.84. The van der Waals surface area contributed by atoms with E-state index < -0.39 is 126 Å². The monoisotopic (exact) mass is 1190 g/mol. The molecular formula is C60H81FN6O18. The van der Waals surface area contributed by atoms with Gasteiger partial charge in [-0.05, 0) is 87.0 Å². The number of imide groups is 1. The second-order valence-electron chi connectivity index (χ2n) is 22.6. The van der Waals surface area contributed by atoms with Gasteiger partial charge in [-0.2, -0.15) is 0 Å². The third-order valence-corrected chi connectivity index (χ3v) is 16.2. The van der Waals surface area contributed by atoms with Gasteiger partial charge < -0.3 is 65.5 Å². The van der Waals surface area contributed by atoms with Crippen LogP contribution in [0.2, 0.25) is 0 Å². The van der Waals surface area contributed by atoms with E-state index >= 15 is 4.39 Å². The largest absolute Gasteiger partial charge is 0.490 e. The van der Waals surface area contributed by atoms with Crippen LogP contribution in [0.3, 0.4) is 0 Å². The number of carbonyl (C=O) groups is 8. The van der Waals surface area contributed by atoms with E-state index in [-0.39, 0.29) is 102 Å². The number of fused-ring (bicyclic) bond motifs is 5. The Hall–Kier alpha value is -6.87. The average Bonchev–Trinajstić information content (AvgIpc) is 1.74. The zero-order valence-electron chi connectivity index (χ0n) is 49.1. The fourth-order valence-electron chi connectivity index (χ4n) is 11.0. The van der Waals surface area contributed by atoms with Gasteiger partial charge in [0, 0.05) is 92.5 Å². The fourth-order valence-corrected chi connectivity index (χ4v) is 11.0. The fraction of sp³-hybridized carbons (Fsp3) is 0.600. The van der Waals surface area contributed by atoms with Crippen molar-refractivity contribution in [1.29, 1.82) is 0 Å². The Morgan fingerprint density at radius 3 is 2.21 bits per heavy atom. The molecule has 1 aromatic carbocycles. The van der Waals surface area contributed by atoms with Crippen LogP contribution in [0.15, 0.2) is 29.3 Å². The van der Waals surface area contributed by atoms with Crippen molar-refractivity contribution in [3.8, 4) is 11.4 Å². The molecular weight excluding hydrogens is 1110 g/mol. The number of aliphatic hydroxyl groups excluding tert-OH is 5. The predicted octanol–water partition coefficient (Wildman–Crippen LogP) is 2.30. The van der Waals surface area contributed by atoms with E-state index in [1.807, 2.05) is 6.92 Å². The number of hydrogen-bond acceptors (Lipinski definition) is 19. The number of amides is 5. The molecule has 1 fully saturated rings. The molecule has 25 heteroatoms. The SMILES string of the molecule is C=C1OCc2c(cc3n(c2=O)Cc2c-3nc3cc(F)c(C)c(CCCCOCNC(=O)[C@H](C)CC(=O)[C@@H](NC(=O)[C@H](CCC(=O)NC[C@H](O)[C@@H](O)[C@H](O)[C@H](O)CO)CC(=O)CCCCC(=O)ON4C(=O)CCC4=O)C(C)C)c3c2CC)[C@@]1(O)CC. The number of ether oxygens (including phenoxy) is 2. The molecule has 9 N–H and O–H groups in total. The van der Waals surface area contributed by atoms with Crippen LogP contribution in [0.1, 0.15) is 151 Å². The molecule has 2 aromatic heterocycles. The number of rotatable bonds is 33. The first kappa shape index (κ1) is 67.3. The molecule has 466 valence electrons. The van der Waals surface area contributed by atoms with Crippen LogP contribution in [0.25, 0.3) is 22.3 Å². The van der Waals surface area contributed by atoms with Crippen LogP contribution >= 0.6 is 0 Å². The molecule has 0 aliphatic carbocycles. The zero-order valence-corrected chi connectivity index (χ0v) is 49.1. The second kappa shape index (κ2) is 30.0. The van der Waals surface area contributed by atoms with E-state index in [4.69, 9.17) is 24.4 Å². The molecule has 0 saturated carbocycles. The van der Waals surface area contributed by atoms with Crippen molar-refractivity contribution in [1.82, 2.24) is 30.6 Å². The number of aliphatic hydroxyl groups is 6. The Morgan fingerprint density at radius 2 is 1.55 bits per heavy atom. The number of Topliss-reactive ketones (excluding diaryl/α,β-unsaturated/α-hetero) is 2. The zero-order chi connectivity index (χ0) is 62.6. The van der Waals surface area contributed by atoms with Crippen molar-refractivity contribution in [2.45, 2.75) is 187 Å². The summed E-state index contributed by atoms with van der Waals surface area (Å²) in [6.07, 6.45) is -6.55. The van der Waals surface area contributed by atoms with E-state index in [2.05, 4.69) is 22.5 Å². The van der Waals surface area contributed by atoms with Crippen LogP contribution in [0.5, 0.6) is 0 Å². The molecule has 3 aliphatic heterocycles. The number of hydroxylamine groups is 2. The van der Waals surface area contributed by atoms with Crippen molar-refractivity contribution >= 4 is 58.0 Å². The van der Waals surface area contributed by atoms with Crippen LogP contribution in [-0.2, 0) is 84.3 Å². The molecule has 0 bridgehead atoms. The molecule has 0 unspecified atom stereocenters. The summed E-state index contributed by atoms with van der Waals surface area (Å²) in [6.45, 7) is 13.1. The van der Waals surface area contributed by atoms with Gasteiger partial charge in [-0.15, -0.1) is 5.06 Å². The van der Waals surface area contributed by atoms with Crippen molar-refractivity contribution in [3.05, 3.63) is 74.0 Å². The lowest BCUT2D eigenvalue weighted by Gasteiger charge is -2.35. The standard InChI is InChI=1S/C60H81FN6O18/c1-8-37-39-27-66-44(24-41-40(59(66)81)29-84-34(7)60(41,82)9-2)54(39)64-43-25-42(61)33(6)38(52(37)43)15-12-13-21-83-30-63-57(79)32(5)22-45(70)53(31(3)4)65-58(80)35(17-18-48(73)62-26-46(71)55(77)56(78)47(72)28-68)23-36(69)14-10-11-16-51(76)85-67-49(74)19-20-50(67)75/h24-25,31-32,35,46-47,53,55-56,68,71-72,77-78,82H,7-23,26-30H2,1-6H3,(H,62,73)(H,63,79)(H,65,80)/t32-,35-,46+,47-,53+,55-,56-,60-/m1/s1. The summed E-state index contributed by atoms with van der Waals surface area (Å²) in [5.41, 5.74) is 3.58. The molecule has 24 nitrogen and oxygen atoms in total. The van der Waals surface area contributed by atoms with E-state index in [1.54, 1.807) is 38.3 Å². The number of halogens is 1. The lowest BCUT2D eigenvalue weighted by Crippen LogP contribution is -2.49. The highest BCUT2D eigenvalue weighted by molar-refractivity contribution is 6.01. The first-order valence-corrected chi connectivity index (χ1v) is 29.1. The summed E-state index contributed by atoms with van der Waals surface area (Å²) in [5, 5.41) is 69.5. The molecule has 1 saturated heterocycles. The quantitative estimate of drug-likeness (QED) is 0.0188. The van der Waals surface area contributed by atoms with E-state index in [1.165, 1.54) is 13.0 Å². The topological polar surface area (TPSA) is 360 Å². The van der Waals surface area contributed by atoms with Gasteiger partial charge in [0.15, 0.2) is 5.78 Å². The minimum absolute atomic E-state index is 0.0181. The molecule has 0 radical (unpaired) electrons. The van der Waals surface area contributed by atoms with Gasteiger partial charge >= 0.3 is 5.97 Å². The molecule has 5 heterocycles. The smallest absolute Gasteiger partial charge is 0.333 e. The Kier molecular flexibility index (Phi) is 23.7. The van der Waals surface area contributed by atoms with Gasteiger partial charge in [0.1, 0.15) is 54.6 Å². The molecule has 3 aliphatic rings. The van der Waals surface area contributed by atoms with Crippen molar-refractivity contribution in [2.75, 3.05) is 26.5 Å². The maximum absolute atomic E-state index is 15.7. The summed E-state index contributed by atoms with van der Waals surface area (Å²) >= 11 is 0. The number of aryl methyl sites for hydroxylation is 2. The van der Waals surface area contributed by atoms with Crippen molar-refractivity contribution in [3.63, 3.8) is 0 Å². The van der Waals surface area contributed by atoms with E-state index in [0.717, 1.165) is 22.1 Å². The van der Waals surface area contributed by atoms with Gasteiger partial charge in [-0.1, -0.05) is 41.2 Å². The predicted molar refractivity (Wildman–Crippen MR) is 302 cm³/mol. The first-order chi connectivity index (χ1) is 40.3. The van der Waals surface area contributed by atoms with Gasteiger partial charge in [0.25, 0.3) is 17.4 Å². The van der Waals surface area contributed by atoms with E-state index in [0.29, 0.717) is 64.3 Å². The Labute approximate surface area is 491 Å². The molecule has 5 amide bonds. The maximum atomic E-state index is 15.7. The van der Waals surface area contributed by atoms with Crippen LogP contribution in [0.4, 0.5) is 4.39 Å². The molecule has 6 rings (SSSR count). The highest BCUT2D eigenvalue weighted by Crippen LogP contribution is 2.44. The number of nitrogens with zero attached hydrogens (tertiary/aromatic N) is 3. The van der Waals surface area contributed by atoms with Gasteiger partial charge in [-0.3, -0.25) is 38.4 Å². The minimum atomic E-state index is -1.95. The van der Waals surface area contributed by atoms with Crippen molar-refractivity contribution in [2.24, 2.45) is 17.8 Å². The van der Waals surface area contributed by atoms with Gasteiger partial charge in [0.05, 0.1) is 47.8 Å². The number of ketones is 2. The molecule has 8 atom stereocenters. The highest BCUT2D eigenvalue weighted by atomic mass is 19.1. The Morgan fingerprint density at radius 1 is 0.871 bits per heavy atom. The summed E-state index contributed by atoms with van der Waals surface area (Å²) in [6, 6.07) is 2.07. The normalized spacial score (nSPS) is 18.0. The lowest BCUT2D eigenvalue weighted by atomic mass is 9.84. The summed E-state index contributed by atoms with van der Waals surface area (Å²) in [7, 11) is 0. The number of aromatic nitrogens is 2. The molecule has 85 heavy (non-hydrogen) atoms. The minimum Gasteiger partial charge on any atom is -0.490 e. The van der Waals surface area contributed by atoms with E-state index in [9.17, 15) is 68.7 Å². The number of pyridine rings is 2. The Balaban J connectivity index is 1.01. The van der Waals surface area contributed by atoms with Crippen LogP contribution in [-0.4, -0.2) is 149 Å². The van der Waals surface area contributed by atoms with Crippen molar-refractivity contribution < 1.29 is 87.7 Å². The van der Waals surface area contributed by atoms with Crippen LogP contribution in [0, 0.1) is 30.5 Å².